The fourth-order valence-electron chi connectivity index (χ4n) is 3.41. The number of esters is 2. The largest absolute Gasteiger partial charge is 0.479 e. The molecule has 3 rings (SSSR count). The first kappa shape index (κ1) is 18.2. The highest BCUT2D eigenvalue weighted by molar-refractivity contribution is 6.00. The Hall–Kier alpha value is -2.63. The van der Waals surface area contributed by atoms with Crippen molar-refractivity contribution in [2.75, 3.05) is 0 Å². The Bertz CT molecular complexity index is 799. The third-order valence-corrected chi connectivity index (χ3v) is 5.19. The predicted molar refractivity (Wildman–Crippen MR) is 92.8 cm³/mol. The van der Waals surface area contributed by atoms with Gasteiger partial charge in [-0.25, -0.2) is 9.59 Å². The quantitative estimate of drug-likeness (QED) is 0.558. The van der Waals surface area contributed by atoms with Crippen LogP contribution in [-0.4, -0.2) is 35.5 Å². The lowest BCUT2D eigenvalue weighted by Crippen LogP contribution is -2.42. The van der Waals surface area contributed by atoms with E-state index in [2.05, 4.69) is 6.58 Å². The molecule has 4 atom stereocenters. The van der Waals surface area contributed by atoms with E-state index in [1.165, 1.54) is 6.08 Å². The van der Waals surface area contributed by atoms with Gasteiger partial charge in [0, 0.05) is 23.6 Å². The Kier molecular flexibility index (Phi) is 4.38. The van der Waals surface area contributed by atoms with E-state index < -0.39 is 35.7 Å². The van der Waals surface area contributed by atoms with Crippen molar-refractivity contribution in [1.29, 1.82) is 0 Å². The minimum atomic E-state index is -1.17. The van der Waals surface area contributed by atoms with Crippen LogP contribution >= 0.6 is 0 Å². The Labute approximate surface area is 152 Å². The van der Waals surface area contributed by atoms with Crippen molar-refractivity contribution in [2.45, 2.75) is 51.9 Å². The summed E-state index contributed by atoms with van der Waals surface area (Å²) in [6.45, 7) is 10.6. The van der Waals surface area contributed by atoms with Gasteiger partial charge in [-0.3, -0.25) is 4.79 Å². The molecule has 0 aromatic rings. The normalized spacial score (nSPS) is 35.9. The fourth-order valence-corrected chi connectivity index (χ4v) is 3.41. The predicted octanol–water partition coefficient (Wildman–Crippen LogP) is 2.55. The van der Waals surface area contributed by atoms with E-state index >= 15 is 0 Å². The van der Waals surface area contributed by atoms with Crippen molar-refractivity contribution in [3.8, 4) is 0 Å². The summed E-state index contributed by atoms with van der Waals surface area (Å²) in [4.78, 5) is 36.9. The topological polar surface area (TPSA) is 78.9 Å². The fraction of sp³-hybridized carbons (Fsp3) is 0.450. The van der Waals surface area contributed by atoms with Gasteiger partial charge in [0.05, 0.1) is 5.92 Å². The molecule has 26 heavy (non-hydrogen) atoms. The van der Waals surface area contributed by atoms with E-state index in [9.17, 15) is 14.4 Å². The van der Waals surface area contributed by atoms with Crippen molar-refractivity contribution >= 4 is 17.7 Å². The lowest BCUT2D eigenvalue weighted by Gasteiger charge is -2.31. The summed E-state index contributed by atoms with van der Waals surface area (Å²) in [6.07, 6.45) is 3.50. The van der Waals surface area contributed by atoms with Crippen molar-refractivity contribution in [2.24, 2.45) is 5.92 Å². The highest BCUT2D eigenvalue weighted by atomic mass is 16.6. The summed E-state index contributed by atoms with van der Waals surface area (Å²) in [5.41, 5.74) is 0.195. The van der Waals surface area contributed by atoms with Crippen LogP contribution < -0.4 is 0 Å². The third-order valence-electron chi connectivity index (χ3n) is 5.19. The molecule has 1 fully saturated rings. The number of ether oxygens (including phenoxy) is 3. The molecule has 0 radical (unpaired) electrons. The zero-order valence-electron chi connectivity index (χ0n) is 15.3. The molecule has 0 spiro atoms. The molecule has 0 aromatic heterocycles. The van der Waals surface area contributed by atoms with Gasteiger partial charge >= 0.3 is 11.9 Å². The maximum absolute atomic E-state index is 12.5. The number of rotatable bonds is 2. The summed E-state index contributed by atoms with van der Waals surface area (Å²) in [7, 11) is 0. The van der Waals surface area contributed by atoms with Crippen molar-refractivity contribution in [1.82, 2.24) is 0 Å². The van der Waals surface area contributed by atoms with E-state index in [0.717, 1.165) is 0 Å². The Morgan fingerprint density at radius 3 is 2.77 bits per heavy atom. The second-order valence-electron chi connectivity index (χ2n) is 7.10. The van der Waals surface area contributed by atoms with E-state index in [4.69, 9.17) is 14.2 Å². The highest BCUT2D eigenvalue weighted by Crippen LogP contribution is 2.42. The average Bonchev–Trinajstić information content (AvgIpc) is 3.03. The summed E-state index contributed by atoms with van der Waals surface area (Å²) in [6, 6.07) is 0. The first-order valence-corrected chi connectivity index (χ1v) is 8.54. The zero-order valence-corrected chi connectivity index (χ0v) is 15.3. The summed E-state index contributed by atoms with van der Waals surface area (Å²) >= 11 is 0. The van der Waals surface area contributed by atoms with E-state index in [0.29, 0.717) is 16.9 Å². The molecule has 1 saturated heterocycles. The number of carbonyl (C=O) groups is 3. The van der Waals surface area contributed by atoms with Gasteiger partial charge in [0.1, 0.15) is 18.0 Å². The zero-order chi connectivity index (χ0) is 19.2. The number of hydrogen-bond donors (Lipinski definition) is 0. The molecule has 0 aliphatic carbocycles. The molecule has 0 N–H and O–H groups in total. The molecular formula is C20H22O6. The van der Waals surface area contributed by atoms with E-state index in [1.54, 1.807) is 39.8 Å². The number of hydrogen-bond acceptors (Lipinski definition) is 6. The van der Waals surface area contributed by atoms with Crippen LogP contribution in [0.4, 0.5) is 0 Å². The van der Waals surface area contributed by atoms with Crippen molar-refractivity contribution < 1.29 is 28.6 Å². The molecule has 6 nitrogen and oxygen atoms in total. The molecule has 0 amide bonds. The van der Waals surface area contributed by atoms with Gasteiger partial charge in [0.2, 0.25) is 5.78 Å². The van der Waals surface area contributed by atoms with Gasteiger partial charge in [-0.05, 0) is 39.3 Å². The van der Waals surface area contributed by atoms with Crippen LogP contribution in [0.15, 0.2) is 47.3 Å². The van der Waals surface area contributed by atoms with Gasteiger partial charge < -0.3 is 14.2 Å². The average molecular weight is 358 g/mol. The van der Waals surface area contributed by atoms with Crippen LogP contribution in [-0.2, 0) is 28.6 Å². The first-order valence-electron chi connectivity index (χ1n) is 8.54. The maximum atomic E-state index is 12.5. The molecule has 0 unspecified atom stereocenters. The molecular weight excluding hydrogens is 336 g/mol. The van der Waals surface area contributed by atoms with Gasteiger partial charge in [0.25, 0.3) is 0 Å². The summed E-state index contributed by atoms with van der Waals surface area (Å²) < 4.78 is 17.0. The van der Waals surface area contributed by atoms with Crippen LogP contribution in [0.2, 0.25) is 0 Å². The van der Waals surface area contributed by atoms with Crippen molar-refractivity contribution in [3.63, 3.8) is 0 Å². The van der Waals surface area contributed by atoms with Gasteiger partial charge in [-0.2, -0.15) is 0 Å². The minimum Gasteiger partial charge on any atom is -0.479 e. The molecule has 6 heteroatoms. The maximum Gasteiger partial charge on any atom is 0.334 e. The minimum absolute atomic E-state index is 0.104. The second-order valence-corrected chi connectivity index (χ2v) is 7.10. The SMILES string of the molecule is C=C1C(=O)O[C@@H]2/C=C(/C)C3=CC(=O)[C@](C)(C[C@@H](OC(=O)/C(C)=C\C)[C@H]12)O3. The molecule has 0 aromatic carbocycles. The van der Waals surface area contributed by atoms with E-state index in [1.807, 2.05) is 0 Å². The van der Waals surface area contributed by atoms with Crippen LogP contribution in [0, 0.1) is 5.92 Å². The summed E-state index contributed by atoms with van der Waals surface area (Å²) in [5.74, 6) is -1.35. The number of fused-ring (bicyclic) bond motifs is 3. The molecule has 3 heterocycles. The van der Waals surface area contributed by atoms with Crippen LogP contribution in [0.5, 0.6) is 0 Å². The monoisotopic (exact) mass is 358 g/mol. The summed E-state index contributed by atoms with van der Waals surface area (Å²) in [5, 5.41) is 0. The van der Waals surface area contributed by atoms with Crippen LogP contribution in [0.1, 0.15) is 34.1 Å². The highest BCUT2D eigenvalue weighted by Gasteiger charge is 2.51. The molecule has 2 bridgehead atoms. The lowest BCUT2D eigenvalue weighted by molar-refractivity contribution is -0.153. The number of allylic oxidation sites excluding steroid dienone is 2. The molecule has 3 aliphatic heterocycles. The van der Waals surface area contributed by atoms with Gasteiger partial charge in [-0.15, -0.1) is 0 Å². The van der Waals surface area contributed by atoms with Crippen molar-refractivity contribution in [3.05, 3.63) is 47.3 Å². The second kappa shape index (κ2) is 6.27. The number of ketones is 1. The Morgan fingerprint density at radius 2 is 2.12 bits per heavy atom. The standard InChI is InChI=1S/C20H22O6/c1-6-10(2)18(22)25-15-9-20(5)16(21)8-13(26-20)11(3)7-14-17(15)12(4)19(23)24-14/h6-8,14-15,17H,4,9H2,1-3,5H3/b10-6-,11-7-/t14-,15-,17-,20+/m1/s1. The molecule has 0 saturated carbocycles. The molecule has 138 valence electrons. The number of carbonyl (C=O) groups excluding carboxylic acids is 3. The first-order chi connectivity index (χ1) is 12.2. The van der Waals surface area contributed by atoms with Crippen LogP contribution in [0.25, 0.3) is 0 Å². The van der Waals surface area contributed by atoms with Crippen LogP contribution in [0.3, 0.4) is 0 Å². The lowest BCUT2D eigenvalue weighted by atomic mass is 9.82. The van der Waals surface area contributed by atoms with Gasteiger partial charge in [-0.1, -0.05) is 12.7 Å². The third kappa shape index (κ3) is 2.89. The van der Waals surface area contributed by atoms with E-state index in [-0.39, 0.29) is 17.8 Å². The molecule has 3 aliphatic rings. The van der Waals surface area contributed by atoms with Gasteiger partial charge in [0.15, 0.2) is 5.60 Å². The Balaban J connectivity index is 2.05. The smallest absolute Gasteiger partial charge is 0.334 e. The Morgan fingerprint density at radius 1 is 1.42 bits per heavy atom.